The van der Waals surface area contributed by atoms with Crippen molar-refractivity contribution in [3.8, 4) is 11.3 Å². The van der Waals surface area contributed by atoms with Gasteiger partial charge in [0.1, 0.15) is 0 Å². The first-order valence-electron chi connectivity index (χ1n) is 7.46. The van der Waals surface area contributed by atoms with E-state index in [0.29, 0.717) is 17.9 Å². The Hall–Kier alpha value is -2.09. The van der Waals surface area contributed by atoms with Crippen molar-refractivity contribution in [1.82, 2.24) is 14.7 Å². The largest absolute Gasteiger partial charge is 0.265 e. The molecule has 0 saturated heterocycles. The Morgan fingerprint density at radius 1 is 1.12 bits per heavy atom. The van der Waals surface area contributed by atoms with Gasteiger partial charge in [0, 0.05) is 36.3 Å². The van der Waals surface area contributed by atoms with E-state index in [-0.39, 0.29) is 0 Å². The highest BCUT2D eigenvalue weighted by molar-refractivity contribution is 7.89. The van der Waals surface area contributed by atoms with Crippen molar-refractivity contribution in [3.63, 3.8) is 0 Å². The number of rotatable bonds is 6. The number of aromatic nitrogens is 2. The quantitative estimate of drug-likeness (QED) is 0.734. The van der Waals surface area contributed by atoms with Crippen LogP contribution in [-0.2, 0) is 16.4 Å². The molecule has 0 unspecified atom stereocenters. The molecule has 7 heteroatoms. The lowest BCUT2D eigenvalue weighted by atomic mass is 10.2. The van der Waals surface area contributed by atoms with Crippen molar-refractivity contribution < 1.29 is 8.42 Å². The fraction of sp³-hybridized carbons (Fsp3) is 0.176. The Balaban J connectivity index is 1.63. The lowest BCUT2D eigenvalue weighted by molar-refractivity contribution is 0.581. The van der Waals surface area contributed by atoms with Crippen LogP contribution in [0.25, 0.3) is 11.3 Å². The number of pyridine rings is 1. The number of aryl methyl sites for hydroxylation is 1. The average Bonchev–Trinajstić information content (AvgIpc) is 3.05. The molecular formula is C17H17N3O2S2. The molecule has 0 fully saturated rings. The SMILES string of the molecule is Cc1ccccc1S(=O)(=O)NCCc1nc(-c2ccncc2)cs1. The second-order valence-corrected chi connectivity index (χ2v) is 7.95. The summed E-state index contributed by atoms with van der Waals surface area (Å²) >= 11 is 1.53. The first-order valence-corrected chi connectivity index (χ1v) is 9.82. The van der Waals surface area contributed by atoms with Crippen LogP contribution in [0.2, 0.25) is 0 Å². The minimum atomic E-state index is -3.49. The maximum atomic E-state index is 12.3. The number of nitrogens with one attached hydrogen (secondary N) is 1. The molecule has 2 aromatic heterocycles. The predicted molar refractivity (Wildman–Crippen MR) is 95.4 cm³/mol. The molecule has 0 spiro atoms. The van der Waals surface area contributed by atoms with Crippen LogP contribution in [0.3, 0.4) is 0 Å². The van der Waals surface area contributed by atoms with Crippen LogP contribution in [0, 0.1) is 6.92 Å². The molecule has 0 amide bonds. The minimum Gasteiger partial charge on any atom is -0.265 e. The molecule has 0 aliphatic rings. The highest BCUT2D eigenvalue weighted by Gasteiger charge is 2.15. The van der Waals surface area contributed by atoms with Gasteiger partial charge in [0.2, 0.25) is 10.0 Å². The molecule has 2 heterocycles. The van der Waals surface area contributed by atoms with Crippen LogP contribution in [0.4, 0.5) is 0 Å². The van der Waals surface area contributed by atoms with Gasteiger partial charge in [-0.25, -0.2) is 18.1 Å². The van der Waals surface area contributed by atoms with Crippen LogP contribution in [-0.4, -0.2) is 24.9 Å². The van der Waals surface area contributed by atoms with Gasteiger partial charge < -0.3 is 0 Å². The Kier molecular flexibility index (Phi) is 5.03. The van der Waals surface area contributed by atoms with E-state index in [2.05, 4.69) is 14.7 Å². The minimum absolute atomic E-state index is 0.319. The summed E-state index contributed by atoms with van der Waals surface area (Å²) in [5, 5.41) is 2.87. The molecule has 3 aromatic rings. The van der Waals surface area contributed by atoms with Gasteiger partial charge in [-0.05, 0) is 30.7 Å². The molecule has 124 valence electrons. The van der Waals surface area contributed by atoms with E-state index in [1.54, 1.807) is 37.5 Å². The zero-order valence-electron chi connectivity index (χ0n) is 13.1. The van der Waals surface area contributed by atoms with Crippen LogP contribution in [0.15, 0.2) is 59.1 Å². The normalized spacial score (nSPS) is 11.5. The van der Waals surface area contributed by atoms with Crippen LogP contribution < -0.4 is 4.72 Å². The highest BCUT2D eigenvalue weighted by Crippen LogP contribution is 2.21. The van der Waals surface area contributed by atoms with Gasteiger partial charge in [-0.1, -0.05) is 18.2 Å². The van der Waals surface area contributed by atoms with E-state index in [1.165, 1.54) is 11.3 Å². The third kappa shape index (κ3) is 3.87. The molecule has 5 nitrogen and oxygen atoms in total. The van der Waals surface area contributed by atoms with Gasteiger partial charge in [0.15, 0.2) is 0 Å². The van der Waals surface area contributed by atoms with E-state index in [9.17, 15) is 8.42 Å². The summed E-state index contributed by atoms with van der Waals surface area (Å²) < 4.78 is 27.3. The Morgan fingerprint density at radius 2 is 1.88 bits per heavy atom. The van der Waals surface area contributed by atoms with Gasteiger partial charge in [0.25, 0.3) is 0 Å². The smallest absolute Gasteiger partial charge is 0.240 e. The van der Waals surface area contributed by atoms with Gasteiger partial charge in [0.05, 0.1) is 15.6 Å². The second-order valence-electron chi connectivity index (χ2n) is 5.28. The number of thiazole rings is 1. The fourth-order valence-corrected chi connectivity index (χ4v) is 4.39. The van der Waals surface area contributed by atoms with Crippen molar-refractivity contribution in [2.75, 3.05) is 6.54 Å². The average molecular weight is 359 g/mol. The summed E-state index contributed by atoms with van der Waals surface area (Å²) in [6, 6.07) is 10.8. The third-order valence-electron chi connectivity index (χ3n) is 3.54. The summed E-state index contributed by atoms with van der Waals surface area (Å²) in [4.78, 5) is 8.86. The van der Waals surface area contributed by atoms with Gasteiger partial charge in [-0.2, -0.15) is 0 Å². The third-order valence-corrected chi connectivity index (χ3v) is 6.07. The lowest BCUT2D eigenvalue weighted by Crippen LogP contribution is -2.26. The lowest BCUT2D eigenvalue weighted by Gasteiger charge is -2.08. The summed E-state index contributed by atoms with van der Waals surface area (Å²) in [5.41, 5.74) is 2.63. The standard InChI is InChI=1S/C17H17N3O2S2/c1-13-4-2-3-5-16(13)24(21,22)19-11-8-17-20-15(12-23-17)14-6-9-18-10-7-14/h2-7,9-10,12,19H,8,11H2,1H3. The Morgan fingerprint density at radius 3 is 2.62 bits per heavy atom. The molecule has 1 aromatic carbocycles. The van der Waals surface area contributed by atoms with Crippen molar-refractivity contribution in [2.45, 2.75) is 18.2 Å². The van der Waals surface area contributed by atoms with Crippen molar-refractivity contribution >= 4 is 21.4 Å². The van der Waals surface area contributed by atoms with E-state index in [4.69, 9.17) is 0 Å². The maximum Gasteiger partial charge on any atom is 0.240 e. The predicted octanol–water partition coefficient (Wildman–Crippen LogP) is 3.03. The van der Waals surface area contributed by atoms with Gasteiger partial charge in [-0.15, -0.1) is 11.3 Å². The molecular weight excluding hydrogens is 342 g/mol. The molecule has 24 heavy (non-hydrogen) atoms. The van der Waals surface area contributed by atoms with E-state index in [1.807, 2.05) is 23.6 Å². The first kappa shape index (κ1) is 16.8. The zero-order chi connectivity index (χ0) is 17.0. The molecule has 0 saturated carbocycles. The zero-order valence-corrected chi connectivity index (χ0v) is 14.8. The molecule has 0 aliphatic heterocycles. The molecule has 0 bridgehead atoms. The maximum absolute atomic E-state index is 12.3. The van der Waals surface area contributed by atoms with Gasteiger partial charge >= 0.3 is 0 Å². The second kappa shape index (κ2) is 7.21. The van der Waals surface area contributed by atoms with Gasteiger partial charge in [-0.3, -0.25) is 4.98 Å². The van der Waals surface area contributed by atoms with Crippen LogP contribution in [0.1, 0.15) is 10.6 Å². The monoisotopic (exact) mass is 359 g/mol. The van der Waals surface area contributed by atoms with Crippen molar-refractivity contribution in [1.29, 1.82) is 0 Å². The van der Waals surface area contributed by atoms with E-state index in [0.717, 1.165) is 21.8 Å². The number of benzene rings is 1. The van der Waals surface area contributed by atoms with Crippen LogP contribution in [0.5, 0.6) is 0 Å². The Bertz CT molecular complexity index is 922. The fourth-order valence-electron chi connectivity index (χ4n) is 2.31. The van der Waals surface area contributed by atoms with Crippen molar-refractivity contribution in [2.24, 2.45) is 0 Å². The molecule has 3 rings (SSSR count). The topological polar surface area (TPSA) is 72.0 Å². The van der Waals surface area contributed by atoms with Crippen LogP contribution >= 0.6 is 11.3 Å². The summed E-state index contributed by atoms with van der Waals surface area (Å²) in [7, 11) is -3.49. The molecule has 0 aliphatic carbocycles. The Labute approximate surface area is 145 Å². The highest BCUT2D eigenvalue weighted by atomic mass is 32.2. The number of sulfonamides is 1. The number of nitrogens with zero attached hydrogens (tertiary/aromatic N) is 2. The number of hydrogen-bond donors (Lipinski definition) is 1. The summed E-state index contributed by atoms with van der Waals surface area (Å²) in [6.45, 7) is 2.11. The molecule has 0 radical (unpaired) electrons. The molecule has 0 atom stereocenters. The number of hydrogen-bond acceptors (Lipinski definition) is 5. The summed E-state index contributed by atoms with van der Waals surface area (Å²) in [6.07, 6.45) is 4.01. The first-order chi connectivity index (χ1) is 11.6. The van der Waals surface area contributed by atoms with E-state index < -0.39 is 10.0 Å². The summed E-state index contributed by atoms with van der Waals surface area (Å²) in [5.74, 6) is 0. The molecule has 1 N–H and O–H groups in total. The van der Waals surface area contributed by atoms with Crippen molar-refractivity contribution in [3.05, 3.63) is 64.7 Å². The van der Waals surface area contributed by atoms with E-state index >= 15 is 0 Å².